The molecule has 0 heterocycles. The lowest BCUT2D eigenvalue weighted by atomic mass is 10.2. The van der Waals surface area contributed by atoms with Crippen LogP contribution in [0.3, 0.4) is 0 Å². The molecule has 0 amide bonds. The zero-order valence-corrected chi connectivity index (χ0v) is 8.99. The molecule has 0 aromatic carbocycles. The molecule has 0 bridgehead atoms. The van der Waals surface area contributed by atoms with Crippen molar-refractivity contribution in [1.82, 2.24) is 5.09 Å². The summed E-state index contributed by atoms with van der Waals surface area (Å²) < 4.78 is 0. The summed E-state index contributed by atoms with van der Waals surface area (Å²) in [6.07, 6.45) is 1.77. The van der Waals surface area contributed by atoms with E-state index in [1.54, 1.807) is 0 Å². The lowest BCUT2D eigenvalue weighted by molar-refractivity contribution is 0.551. The van der Waals surface area contributed by atoms with Crippen LogP contribution in [0.25, 0.3) is 0 Å². The SMILES string of the molecule is CC[P+](O)(CC)NCC(C)C. The highest BCUT2D eigenvalue weighted by Gasteiger charge is 2.29. The first kappa shape index (κ1) is 11.4. The molecule has 2 N–H and O–H groups in total. The van der Waals surface area contributed by atoms with Crippen molar-refractivity contribution in [1.29, 1.82) is 0 Å². The molecule has 0 saturated heterocycles. The van der Waals surface area contributed by atoms with E-state index < -0.39 is 7.64 Å². The maximum Gasteiger partial charge on any atom is 0.208 e. The molecule has 3 heteroatoms. The van der Waals surface area contributed by atoms with Gasteiger partial charge in [-0.1, -0.05) is 13.8 Å². The Morgan fingerprint density at radius 3 is 2.00 bits per heavy atom. The van der Waals surface area contributed by atoms with Crippen LogP contribution < -0.4 is 5.09 Å². The third-order valence-corrected chi connectivity index (χ3v) is 4.70. The average Bonchev–Trinajstić information content (AvgIpc) is 2.00. The summed E-state index contributed by atoms with van der Waals surface area (Å²) in [6, 6.07) is 0. The monoisotopic (exact) mass is 178 g/mol. The Morgan fingerprint density at radius 1 is 1.27 bits per heavy atom. The molecule has 0 aromatic rings. The summed E-state index contributed by atoms with van der Waals surface area (Å²) in [7, 11) is -1.74. The second-order valence-corrected chi connectivity index (χ2v) is 6.74. The Balaban J connectivity index is 3.69. The quantitative estimate of drug-likeness (QED) is 0.632. The first-order chi connectivity index (χ1) is 5.04. The van der Waals surface area contributed by atoms with Crippen molar-refractivity contribution in [2.45, 2.75) is 27.7 Å². The van der Waals surface area contributed by atoms with Gasteiger partial charge in [0.05, 0.1) is 12.3 Å². The van der Waals surface area contributed by atoms with Crippen molar-refractivity contribution >= 4 is 7.64 Å². The Labute approximate surface area is 70.9 Å². The van der Waals surface area contributed by atoms with Gasteiger partial charge in [0.1, 0.15) is 0 Å². The second-order valence-electron chi connectivity index (χ2n) is 3.31. The molecule has 0 aliphatic heterocycles. The molecule has 0 aliphatic carbocycles. The van der Waals surface area contributed by atoms with Gasteiger partial charge in [0, 0.05) is 6.54 Å². The fourth-order valence-corrected chi connectivity index (χ4v) is 2.40. The van der Waals surface area contributed by atoms with E-state index in [0.29, 0.717) is 5.92 Å². The predicted octanol–water partition coefficient (Wildman–Crippen LogP) is 2.11. The lowest BCUT2D eigenvalue weighted by Crippen LogP contribution is -2.23. The van der Waals surface area contributed by atoms with E-state index in [1.807, 2.05) is 13.8 Å². The zero-order valence-electron chi connectivity index (χ0n) is 8.09. The molecular formula is C8H21NOP+. The first-order valence-corrected chi connectivity index (χ1v) is 6.50. The van der Waals surface area contributed by atoms with Gasteiger partial charge in [-0.2, -0.15) is 5.09 Å². The van der Waals surface area contributed by atoms with Crippen LogP contribution in [0.2, 0.25) is 0 Å². The number of rotatable bonds is 5. The minimum absolute atomic E-state index is 0.625. The van der Waals surface area contributed by atoms with Crippen molar-refractivity contribution in [3.05, 3.63) is 0 Å². The van der Waals surface area contributed by atoms with Gasteiger partial charge in [0.25, 0.3) is 0 Å². The van der Waals surface area contributed by atoms with Crippen LogP contribution >= 0.6 is 7.64 Å². The molecule has 0 spiro atoms. The number of hydrogen-bond acceptors (Lipinski definition) is 2. The molecule has 0 unspecified atom stereocenters. The predicted molar refractivity (Wildman–Crippen MR) is 53.1 cm³/mol. The van der Waals surface area contributed by atoms with Crippen molar-refractivity contribution in [2.24, 2.45) is 5.92 Å². The highest BCUT2D eigenvalue weighted by molar-refractivity contribution is 7.68. The van der Waals surface area contributed by atoms with Crippen LogP contribution in [0, 0.1) is 5.92 Å². The summed E-state index contributed by atoms with van der Waals surface area (Å²) in [5.74, 6) is 0.625. The standard InChI is InChI=1S/C8H21NOP/c1-5-11(10,6-2)9-7-8(3)4/h8-10H,5-7H2,1-4H3/q+1. The number of hydrogen-bond donors (Lipinski definition) is 2. The van der Waals surface area contributed by atoms with Crippen molar-refractivity contribution in [3.63, 3.8) is 0 Å². The highest BCUT2D eigenvalue weighted by Crippen LogP contribution is 2.48. The Hall–Kier alpha value is 0.350. The minimum Gasteiger partial charge on any atom is -0.233 e. The summed E-state index contributed by atoms with van der Waals surface area (Å²) in [6.45, 7) is 9.34. The van der Waals surface area contributed by atoms with Crippen LogP contribution in [-0.2, 0) is 0 Å². The first-order valence-electron chi connectivity index (χ1n) is 4.39. The summed E-state index contributed by atoms with van der Waals surface area (Å²) in [4.78, 5) is 9.88. The molecule has 0 atom stereocenters. The Bertz CT molecular complexity index is 102. The largest absolute Gasteiger partial charge is 0.233 e. The van der Waals surface area contributed by atoms with Crippen LogP contribution in [0.5, 0.6) is 0 Å². The van der Waals surface area contributed by atoms with E-state index >= 15 is 0 Å². The summed E-state index contributed by atoms with van der Waals surface area (Å²) in [5, 5.41) is 3.26. The molecule has 0 rings (SSSR count). The normalized spacial score (nSPS) is 12.5. The van der Waals surface area contributed by atoms with Gasteiger partial charge in [-0.15, -0.1) is 0 Å². The van der Waals surface area contributed by atoms with E-state index in [-0.39, 0.29) is 0 Å². The third kappa shape index (κ3) is 4.73. The molecular weight excluding hydrogens is 157 g/mol. The molecule has 68 valence electrons. The highest BCUT2D eigenvalue weighted by atomic mass is 31.2. The third-order valence-electron chi connectivity index (χ3n) is 1.84. The molecule has 0 radical (unpaired) electrons. The summed E-state index contributed by atoms with van der Waals surface area (Å²) in [5.41, 5.74) is 0. The van der Waals surface area contributed by atoms with Gasteiger partial charge in [-0.3, -0.25) is 0 Å². The van der Waals surface area contributed by atoms with Gasteiger partial charge in [-0.05, 0) is 19.8 Å². The van der Waals surface area contributed by atoms with Crippen molar-refractivity contribution < 1.29 is 4.89 Å². The molecule has 0 aromatic heterocycles. The maximum absolute atomic E-state index is 9.88. The van der Waals surface area contributed by atoms with E-state index in [1.165, 1.54) is 0 Å². The fraction of sp³-hybridized carbons (Fsp3) is 1.00. The minimum atomic E-state index is -1.74. The van der Waals surface area contributed by atoms with E-state index in [2.05, 4.69) is 18.9 Å². The van der Waals surface area contributed by atoms with Crippen LogP contribution in [0.4, 0.5) is 0 Å². The van der Waals surface area contributed by atoms with Crippen LogP contribution in [-0.4, -0.2) is 23.8 Å². The molecule has 11 heavy (non-hydrogen) atoms. The number of nitrogens with one attached hydrogen (secondary N) is 1. The average molecular weight is 178 g/mol. The van der Waals surface area contributed by atoms with Crippen LogP contribution in [0.15, 0.2) is 0 Å². The van der Waals surface area contributed by atoms with E-state index in [0.717, 1.165) is 18.9 Å². The van der Waals surface area contributed by atoms with Gasteiger partial charge < -0.3 is 0 Å². The van der Waals surface area contributed by atoms with Crippen molar-refractivity contribution in [2.75, 3.05) is 18.9 Å². The molecule has 2 nitrogen and oxygen atoms in total. The van der Waals surface area contributed by atoms with E-state index in [9.17, 15) is 4.89 Å². The Morgan fingerprint density at radius 2 is 1.73 bits per heavy atom. The molecule has 0 saturated carbocycles. The topological polar surface area (TPSA) is 32.3 Å². The Kier molecular flexibility index (Phi) is 5.24. The molecule has 0 aliphatic rings. The second kappa shape index (κ2) is 5.08. The molecule has 0 fully saturated rings. The van der Waals surface area contributed by atoms with Gasteiger partial charge in [0.2, 0.25) is 7.64 Å². The zero-order chi connectivity index (χ0) is 8.91. The maximum atomic E-state index is 9.88. The van der Waals surface area contributed by atoms with Gasteiger partial charge >= 0.3 is 0 Å². The fourth-order valence-electron chi connectivity index (χ4n) is 0.800. The smallest absolute Gasteiger partial charge is 0.208 e. The van der Waals surface area contributed by atoms with E-state index in [4.69, 9.17) is 0 Å². The lowest BCUT2D eigenvalue weighted by Gasteiger charge is -2.18. The van der Waals surface area contributed by atoms with Crippen LogP contribution in [0.1, 0.15) is 27.7 Å². The van der Waals surface area contributed by atoms with Crippen molar-refractivity contribution in [3.8, 4) is 0 Å². The van der Waals surface area contributed by atoms with Gasteiger partial charge in [0.15, 0.2) is 0 Å². The van der Waals surface area contributed by atoms with Gasteiger partial charge in [-0.25, -0.2) is 4.89 Å². The summed E-state index contributed by atoms with van der Waals surface area (Å²) >= 11 is 0.